The van der Waals surface area contributed by atoms with Crippen molar-refractivity contribution in [3.63, 3.8) is 0 Å². The molecule has 5 aliphatic rings. The Morgan fingerprint density at radius 3 is 2.18 bits per heavy atom. The largest absolute Gasteiger partial charge is 0.493 e. The average Bonchev–Trinajstić information content (AvgIpc) is 3.19. The van der Waals surface area contributed by atoms with Crippen molar-refractivity contribution in [2.75, 3.05) is 74.8 Å². The standard InChI is InChI=1S/C46H57N3O7/c1-29-8-7-17-49(26-29)27-34(50)28-54-45-43(53-6)24-33-16-19-48(3)38-21-31-11-14-39(51-4)41(22-31)55-35-12-9-30(10-13-35)20-37-36-25-42(56-46(45)44(33)38)40(52-5)23-32(36)15-18-47(37)2/h9-14,22-25,29,34,37-38,50H,7-8,15-21,26-28H2,1-6H3/t29?,34?,37-,38-/m0/s1. The fraction of sp³-hybridized carbons (Fsp3) is 0.478. The first kappa shape index (κ1) is 38.4. The van der Waals surface area contributed by atoms with Crippen LogP contribution in [-0.2, 0) is 25.7 Å². The molecule has 2 unspecified atom stereocenters. The number of fused-ring (bicyclic) bond motifs is 2. The number of rotatable bonds is 8. The number of methoxy groups -OCH3 is 3. The van der Waals surface area contributed by atoms with E-state index in [1.807, 2.05) is 18.2 Å². The van der Waals surface area contributed by atoms with Crippen molar-refractivity contribution in [3.8, 4) is 46.0 Å². The van der Waals surface area contributed by atoms with E-state index in [4.69, 9.17) is 28.4 Å². The molecule has 298 valence electrons. The van der Waals surface area contributed by atoms with Gasteiger partial charge in [0.25, 0.3) is 0 Å². The molecule has 1 saturated heterocycles. The zero-order chi connectivity index (χ0) is 38.9. The third kappa shape index (κ3) is 7.89. The molecule has 56 heavy (non-hydrogen) atoms. The molecule has 0 aliphatic carbocycles. The lowest BCUT2D eigenvalue weighted by Crippen LogP contribution is -2.41. The number of hydrogen-bond acceptors (Lipinski definition) is 10. The summed E-state index contributed by atoms with van der Waals surface area (Å²) in [5, 5.41) is 11.4. The zero-order valence-electron chi connectivity index (χ0n) is 33.8. The zero-order valence-corrected chi connectivity index (χ0v) is 33.8. The fourth-order valence-electron chi connectivity index (χ4n) is 9.20. The van der Waals surface area contributed by atoms with Crippen LogP contribution >= 0.6 is 0 Å². The van der Waals surface area contributed by atoms with E-state index in [1.54, 1.807) is 21.3 Å². The summed E-state index contributed by atoms with van der Waals surface area (Å²) in [6, 6.07) is 21.1. The lowest BCUT2D eigenvalue weighted by molar-refractivity contribution is 0.0521. The van der Waals surface area contributed by atoms with Gasteiger partial charge in [0.15, 0.2) is 34.5 Å². The van der Waals surface area contributed by atoms with Crippen molar-refractivity contribution in [1.29, 1.82) is 0 Å². The molecule has 0 radical (unpaired) electrons. The number of β-amino-alcohol motifs (C(OH)–C–C–N with tert-alkyl or cyclic N) is 1. The Morgan fingerprint density at radius 2 is 1.43 bits per heavy atom. The molecule has 1 N–H and O–H groups in total. The van der Waals surface area contributed by atoms with E-state index in [9.17, 15) is 5.11 Å². The van der Waals surface area contributed by atoms with Crippen LogP contribution in [-0.4, -0.2) is 101 Å². The summed E-state index contributed by atoms with van der Waals surface area (Å²) >= 11 is 0. The maximum atomic E-state index is 11.4. The lowest BCUT2D eigenvalue weighted by Gasteiger charge is -2.37. The van der Waals surface area contributed by atoms with Crippen LogP contribution in [0.5, 0.6) is 46.0 Å². The molecule has 1 fully saturated rings. The van der Waals surface area contributed by atoms with Crippen molar-refractivity contribution < 1.29 is 33.5 Å². The van der Waals surface area contributed by atoms with Crippen molar-refractivity contribution in [2.45, 2.75) is 63.6 Å². The molecule has 0 amide bonds. The quantitative estimate of drug-likeness (QED) is 0.194. The lowest BCUT2D eigenvalue weighted by atomic mass is 9.87. The van der Waals surface area contributed by atoms with Crippen LogP contribution in [0.25, 0.3) is 0 Å². The molecule has 10 heteroatoms. The molecule has 6 bridgehead atoms. The molecule has 0 saturated carbocycles. The van der Waals surface area contributed by atoms with Gasteiger partial charge in [-0.1, -0.05) is 25.1 Å². The van der Waals surface area contributed by atoms with E-state index >= 15 is 0 Å². The SMILES string of the molecule is COc1ccc2cc1Oc1ccc(cc1)C[C@H]1c3cc(c(OC)cc3CCN1C)Oc1c(OCC(O)CN3CCCC(C)C3)c(OC)cc3c1[C@H](C2)N(C)CC3. The molecule has 10 nitrogen and oxygen atoms in total. The second-order valence-corrected chi connectivity index (χ2v) is 16.2. The van der Waals surface area contributed by atoms with Crippen molar-refractivity contribution >= 4 is 0 Å². The molecular formula is C46H57N3O7. The predicted molar refractivity (Wildman–Crippen MR) is 217 cm³/mol. The Bertz CT molecular complexity index is 2020. The number of aliphatic hydroxyl groups is 1. The van der Waals surface area contributed by atoms with Gasteiger partial charge in [0, 0.05) is 43.8 Å². The minimum Gasteiger partial charge on any atom is -0.493 e. The Kier molecular flexibility index (Phi) is 11.3. The van der Waals surface area contributed by atoms with E-state index in [2.05, 4.69) is 78.2 Å². The van der Waals surface area contributed by atoms with E-state index < -0.39 is 6.10 Å². The van der Waals surface area contributed by atoms with Crippen LogP contribution in [0.1, 0.15) is 65.2 Å². The third-order valence-electron chi connectivity index (χ3n) is 12.3. The number of piperidine rings is 1. The molecule has 0 spiro atoms. The maximum absolute atomic E-state index is 11.4. The highest BCUT2D eigenvalue weighted by atomic mass is 16.6. The number of ether oxygens (including phenoxy) is 6. The topological polar surface area (TPSA) is 85.3 Å². The van der Waals surface area contributed by atoms with Gasteiger partial charge < -0.3 is 38.4 Å². The van der Waals surface area contributed by atoms with Crippen LogP contribution in [0.15, 0.2) is 60.7 Å². The van der Waals surface area contributed by atoms with Gasteiger partial charge in [-0.25, -0.2) is 0 Å². The minimum atomic E-state index is -0.688. The fourth-order valence-corrected chi connectivity index (χ4v) is 9.20. The van der Waals surface area contributed by atoms with Crippen molar-refractivity contribution in [3.05, 3.63) is 94.0 Å². The van der Waals surface area contributed by atoms with Gasteiger partial charge >= 0.3 is 0 Å². The highest BCUT2D eigenvalue weighted by Crippen LogP contribution is 2.52. The summed E-state index contributed by atoms with van der Waals surface area (Å²) in [5.41, 5.74) is 6.96. The Hall–Kier alpha value is -4.48. The van der Waals surface area contributed by atoms with Gasteiger partial charge in [-0.2, -0.15) is 0 Å². The van der Waals surface area contributed by atoms with Gasteiger partial charge in [-0.05, 0) is 135 Å². The highest BCUT2D eigenvalue weighted by Gasteiger charge is 2.35. The van der Waals surface area contributed by atoms with Crippen LogP contribution in [0.3, 0.4) is 0 Å². The number of aliphatic hydroxyl groups excluding tert-OH is 1. The number of likely N-dealkylation sites (tertiary alicyclic amines) is 1. The second-order valence-electron chi connectivity index (χ2n) is 16.2. The molecule has 5 heterocycles. The summed E-state index contributed by atoms with van der Waals surface area (Å²) in [4.78, 5) is 7.16. The van der Waals surface area contributed by atoms with Crippen LogP contribution < -0.4 is 28.4 Å². The number of likely N-dealkylation sites (N-methyl/N-ethyl adjacent to an activating group) is 2. The van der Waals surface area contributed by atoms with Crippen molar-refractivity contribution in [1.82, 2.24) is 14.7 Å². The number of hydrogen-bond donors (Lipinski definition) is 1. The van der Waals surface area contributed by atoms with Gasteiger partial charge in [0.1, 0.15) is 18.5 Å². The summed E-state index contributed by atoms with van der Waals surface area (Å²) in [6.45, 7) is 6.70. The van der Waals surface area contributed by atoms with Gasteiger partial charge in [0.05, 0.1) is 21.3 Å². The van der Waals surface area contributed by atoms with Gasteiger partial charge in [-0.15, -0.1) is 0 Å². The maximum Gasteiger partial charge on any atom is 0.204 e. The van der Waals surface area contributed by atoms with Crippen LogP contribution in [0.4, 0.5) is 0 Å². The minimum absolute atomic E-state index is 0.0799. The number of nitrogens with zero attached hydrogens (tertiary/aromatic N) is 3. The molecule has 4 atom stereocenters. The van der Waals surface area contributed by atoms with E-state index in [0.717, 1.165) is 74.3 Å². The molecular weight excluding hydrogens is 707 g/mol. The Morgan fingerprint density at radius 1 is 0.750 bits per heavy atom. The Labute approximate surface area is 331 Å². The highest BCUT2D eigenvalue weighted by molar-refractivity contribution is 5.64. The first-order valence-electron chi connectivity index (χ1n) is 20.2. The molecule has 5 aliphatic heterocycles. The smallest absolute Gasteiger partial charge is 0.204 e. The van der Waals surface area contributed by atoms with E-state index in [0.29, 0.717) is 59.1 Å². The molecule has 9 rings (SSSR count). The molecule has 0 aromatic heterocycles. The van der Waals surface area contributed by atoms with Crippen LogP contribution in [0, 0.1) is 5.92 Å². The second kappa shape index (κ2) is 16.5. The molecule has 4 aromatic carbocycles. The first-order valence-corrected chi connectivity index (χ1v) is 20.2. The van der Waals surface area contributed by atoms with Crippen LogP contribution in [0.2, 0.25) is 0 Å². The number of benzene rings is 4. The predicted octanol–water partition coefficient (Wildman–Crippen LogP) is 7.63. The van der Waals surface area contributed by atoms with E-state index in [1.165, 1.54) is 23.1 Å². The summed E-state index contributed by atoms with van der Waals surface area (Å²) in [6.07, 6.45) is 4.90. The Balaban J connectivity index is 1.28. The molecule has 4 aromatic rings. The van der Waals surface area contributed by atoms with Crippen molar-refractivity contribution in [2.24, 2.45) is 5.92 Å². The summed E-state index contributed by atoms with van der Waals surface area (Å²) in [5.74, 6) is 5.68. The monoisotopic (exact) mass is 763 g/mol. The van der Waals surface area contributed by atoms with E-state index in [-0.39, 0.29) is 18.7 Å². The average molecular weight is 764 g/mol. The normalized spacial score (nSPS) is 21.8. The summed E-state index contributed by atoms with van der Waals surface area (Å²) in [7, 11) is 9.42. The first-order chi connectivity index (χ1) is 27.2. The summed E-state index contributed by atoms with van der Waals surface area (Å²) < 4.78 is 38.4. The third-order valence-corrected chi connectivity index (χ3v) is 12.3. The van der Waals surface area contributed by atoms with Gasteiger partial charge in [0.2, 0.25) is 5.75 Å². The van der Waals surface area contributed by atoms with Gasteiger partial charge in [-0.3, -0.25) is 9.80 Å².